The lowest BCUT2D eigenvalue weighted by Gasteiger charge is -2.06. The molecular weight excluding hydrogens is 198 g/mol. The molecule has 2 nitrogen and oxygen atoms in total. The Morgan fingerprint density at radius 2 is 2.07 bits per heavy atom. The fourth-order valence-electron chi connectivity index (χ4n) is 1.05. The Morgan fingerprint density at radius 3 is 2.57 bits per heavy atom. The van der Waals surface area contributed by atoms with Crippen LogP contribution in [0.25, 0.3) is 0 Å². The second kappa shape index (κ2) is 4.38. The van der Waals surface area contributed by atoms with Crippen molar-refractivity contribution in [1.82, 2.24) is 0 Å². The smallest absolute Gasteiger partial charge is 0.206 e. The Labute approximate surface area is 88.4 Å². The van der Waals surface area contributed by atoms with Crippen molar-refractivity contribution in [1.29, 1.82) is 5.41 Å². The number of carbonyl (C=O) groups is 1. The fourth-order valence-corrected chi connectivity index (χ4v) is 1.24. The summed E-state index contributed by atoms with van der Waals surface area (Å²) in [6, 6.07) is 6.67. The number of halogens is 1. The van der Waals surface area contributed by atoms with Crippen molar-refractivity contribution in [2.75, 3.05) is 0 Å². The summed E-state index contributed by atoms with van der Waals surface area (Å²) in [5, 5.41) is 8.09. The molecule has 0 saturated heterocycles. The molecule has 1 rings (SSSR count). The predicted octanol–water partition coefficient (Wildman–Crippen LogP) is 3.20. The van der Waals surface area contributed by atoms with E-state index >= 15 is 0 Å². The first-order valence-corrected chi connectivity index (χ1v) is 4.79. The van der Waals surface area contributed by atoms with Crippen LogP contribution in [-0.4, -0.2) is 11.5 Å². The van der Waals surface area contributed by atoms with E-state index < -0.39 is 0 Å². The van der Waals surface area contributed by atoms with Crippen molar-refractivity contribution in [2.45, 2.75) is 13.8 Å². The number of hydrogen-bond donors (Lipinski definition) is 1. The van der Waals surface area contributed by atoms with Crippen molar-refractivity contribution >= 4 is 23.1 Å². The van der Waals surface area contributed by atoms with E-state index in [1.54, 1.807) is 24.3 Å². The first-order valence-electron chi connectivity index (χ1n) is 4.41. The van der Waals surface area contributed by atoms with Gasteiger partial charge in [0.15, 0.2) is 0 Å². The SMILES string of the molecule is CC(C)C(=N)C(=O)c1cccc(Cl)c1. The van der Waals surface area contributed by atoms with Crippen molar-refractivity contribution in [2.24, 2.45) is 5.92 Å². The maximum atomic E-state index is 11.7. The van der Waals surface area contributed by atoms with Crippen LogP contribution >= 0.6 is 11.6 Å². The summed E-state index contributed by atoms with van der Waals surface area (Å²) >= 11 is 5.75. The highest BCUT2D eigenvalue weighted by atomic mass is 35.5. The lowest BCUT2D eigenvalue weighted by molar-refractivity contribution is 0.106. The molecule has 0 heterocycles. The molecule has 3 heteroatoms. The van der Waals surface area contributed by atoms with Crippen LogP contribution < -0.4 is 0 Å². The molecule has 0 radical (unpaired) electrons. The zero-order valence-electron chi connectivity index (χ0n) is 8.17. The number of carbonyl (C=O) groups excluding carboxylic acids is 1. The van der Waals surface area contributed by atoms with Crippen LogP contribution in [0.4, 0.5) is 0 Å². The van der Waals surface area contributed by atoms with Crippen molar-refractivity contribution in [3.05, 3.63) is 34.9 Å². The molecule has 0 unspecified atom stereocenters. The lowest BCUT2D eigenvalue weighted by atomic mass is 9.99. The van der Waals surface area contributed by atoms with Gasteiger partial charge in [0.2, 0.25) is 5.78 Å². The number of ketones is 1. The van der Waals surface area contributed by atoms with E-state index in [-0.39, 0.29) is 17.4 Å². The maximum Gasteiger partial charge on any atom is 0.206 e. The van der Waals surface area contributed by atoms with E-state index in [1.807, 2.05) is 13.8 Å². The van der Waals surface area contributed by atoms with E-state index in [9.17, 15) is 4.79 Å². The molecule has 1 aromatic carbocycles. The lowest BCUT2D eigenvalue weighted by Crippen LogP contribution is -2.18. The largest absolute Gasteiger partial charge is 0.301 e. The third kappa shape index (κ3) is 2.42. The number of nitrogens with one attached hydrogen (secondary N) is 1. The van der Waals surface area contributed by atoms with E-state index in [1.165, 1.54) is 0 Å². The van der Waals surface area contributed by atoms with Gasteiger partial charge in [0.25, 0.3) is 0 Å². The molecule has 0 amide bonds. The van der Waals surface area contributed by atoms with Gasteiger partial charge in [-0.15, -0.1) is 0 Å². The number of rotatable bonds is 3. The van der Waals surface area contributed by atoms with Crippen LogP contribution in [0.3, 0.4) is 0 Å². The molecule has 0 aliphatic rings. The molecule has 1 N–H and O–H groups in total. The highest BCUT2D eigenvalue weighted by molar-refractivity contribution is 6.45. The zero-order chi connectivity index (χ0) is 10.7. The first-order chi connectivity index (χ1) is 6.52. The van der Waals surface area contributed by atoms with Crippen LogP contribution in [0, 0.1) is 11.3 Å². The zero-order valence-corrected chi connectivity index (χ0v) is 8.93. The van der Waals surface area contributed by atoms with Gasteiger partial charge in [-0.05, 0) is 18.1 Å². The fraction of sp³-hybridized carbons (Fsp3) is 0.273. The molecule has 0 bridgehead atoms. The second-order valence-corrected chi connectivity index (χ2v) is 3.84. The molecule has 0 spiro atoms. The van der Waals surface area contributed by atoms with Crippen LogP contribution in [0.5, 0.6) is 0 Å². The van der Waals surface area contributed by atoms with Gasteiger partial charge in [-0.3, -0.25) is 4.79 Å². The number of hydrogen-bond acceptors (Lipinski definition) is 2. The summed E-state index contributed by atoms with van der Waals surface area (Å²) in [4.78, 5) is 11.7. The average Bonchev–Trinajstić information content (AvgIpc) is 2.15. The van der Waals surface area contributed by atoms with Gasteiger partial charge < -0.3 is 5.41 Å². The topological polar surface area (TPSA) is 40.9 Å². The Kier molecular flexibility index (Phi) is 3.42. The minimum absolute atomic E-state index is 0.0542. The summed E-state index contributed by atoms with van der Waals surface area (Å²) < 4.78 is 0. The Balaban J connectivity index is 2.95. The normalized spacial score (nSPS) is 10.3. The number of benzene rings is 1. The van der Waals surface area contributed by atoms with E-state index in [0.717, 1.165) is 0 Å². The summed E-state index contributed by atoms with van der Waals surface area (Å²) in [6.45, 7) is 3.65. The van der Waals surface area contributed by atoms with Crippen molar-refractivity contribution < 1.29 is 4.79 Å². The van der Waals surface area contributed by atoms with Crippen LogP contribution in [0.1, 0.15) is 24.2 Å². The van der Waals surface area contributed by atoms with Gasteiger partial charge in [-0.25, -0.2) is 0 Å². The molecule has 0 aliphatic heterocycles. The molecule has 14 heavy (non-hydrogen) atoms. The van der Waals surface area contributed by atoms with Gasteiger partial charge in [0, 0.05) is 10.6 Å². The molecule has 0 fully saturated rings. The minimum atomic E-state index is -0.248. The molecule has 0 aromatic heterocycles. The van der Waals surface area contributed by atoms with Crippen LogP contribution in [-0.2, 0) is 0 Å². The standard InChI is InChI=1S/C11H12ClNO/c1-7(2)10(13)11(14)8-4-3-5-9(12)6-8/h3-7,13H,1-2H3. The molecule has 0 atom stereocenters. The Morgan fingerprint density at radius 1 is 1.43 bits per heavy atom. The predicted molar refractivity (Wildman–Crippen MR) is 58.3 cm³/mol. The third-order valence-electron chi connectivity index (χ3n) is 1.91. The highest BCUT2D eigenvalue weighted by Crippen LogP contribution is 2.13. The Bertz CT molecular complexity index is 371. The molecule has 0 saturated carbocycles. The molecule has 0 aliphatic carbocycles. The molecule has 74 valence electrons. The monoisotopic (exact) mass is 209 g/mol. The average molecular weight is 210 g/mol. The van der Waals surface area contributed by atoms with Gasteiger partial charge in [0.1, 0.15) is 0 Å². The van der Waals surface area contributed by atoms with Gasteiger partial charge in [-0.1, -0.05) is 37.6 Å². The van der Waals surface area contributed by atoms with Crippen LogP contribution in [0.15, 0.2) is 24.3 Å². The first kappa shape index (κ1) is 10.9. The molecule has 1 aromatic rings. The summed E-state index contributed by atoms with van der Waals surface area (Å²) in [7, 11) is 0. The highest BCUT2D eigenvalue weighted by Gasteiger charge is 2.15. The van der Waals surface area contributed by atoms with Gasteiger partial charge in [-0.2, -0.15) is 0 Å². The number of Topliss-reactive ketones (excluding diaryl/α,β-unsaturated/α-hetero) is 1. The van der Waals surface area contributed by atoms with Gasteiger partial charge >= 0.3 is 0 Å². The van der Waals surface area contributed by atoms with E-state index in [2.05, 4.69) is 0 Å². The summed E-state index contributed by atoms with van der Waals surface area (Å²) in [6.07, 6.45) is 0. The van der Waals surface area contributed by atoms with E-state index in [4.69, 9.17) is 17.0 Å². The minimum Gasteiger partial charge on any atom is -0.301 e. The second-order valence-electron chi connectivity index (χ2n) is 3.41. The van der Waals surface area contributed by atoms with Crippen molar-refractivity contribution in [3.63, 3.8) is 0 Å². The third-order valence-corrected chi connectivity index (χ3v) is 2.14. The maximum absolute atomic E-state index is 11.7. The van der Waals surface area contributed by atoms with Crippen LogP contribution in [0.2, 0.25) is 5.02 Å². The summed E-state index contributed by atoms with van der Waals surface area (Å²) in [5.74, 6) is -0.302. The van der Waals surface area contributed by atoms with Crippen molar-refractivity contribution in [3.8, 4) is 0 Å². The Hall–Kier alpha value is -1.15. The molecular formula is C11H12ClNO. The van der Waals surface area contributed by atoms with E-state index in [0.29, 0.717) is 10.6 Å². The van der Waals surface area contributed by atoms with Gasteiger partial charge in [0.05, 0.1) is 5.71 Å². The summed E-state index contributed by atoms with van der Waals surface area (Å²) in [5.41, 5.74) is 0.600. The quantitative estimate of drug-likeness (QED) is 0.603.